The molecule has 0 spiro atoms. The van der Waals surface area contributed by atoms with Crippen LogP contribution in [0, 0.1) is 12.3 Å². The Morgan fingerprint density at radius 3 is 2.12 bits per heavy atom. The third kappa shape index (κ3) is 7.72. The maximum absolute atomic E-state index is 6.69. The molecule has 0 heterocycles. The molecule has 6 heteroatoms. The predicted octanol–water partition coefficient (Wildman–Crippen LogP) is 3.86. The quantitative estimate of drug-likeness (QED) is 0.120. The maximum Gasteiger partial charge on any atom is 0.140 e. The Morgan fingerprint density at radius 1 is 1.15 bits per heavy atom. The van der Waals surface area contributed by atoms with E-state index >= 15 is 0 Å². The van der Waals surface area contributed by atoms with Crippen molar-refractivity contribution in [1.82, 2.24) is 0 Å². The van der Waals surface area contributed by atoms with Crippen molar-refractivity contribution in [2.45, 2.75) is 61.2 Å². The van der Waals surface area contributed by atoms with Crippen LogP contribution < -0.4 is 12.4 Å². The number of rotatable bonds is 11. The molecule has 0 radical (unpaired) electrons. The van der Waals surface area contributed by atoms with E-state index in [0.717, 1.165) is 35.7 Å². The van der Waals surface area contributed by atoms with Gasteiger partial charge in [0.05, 0.1) is 18.5 Å². The highest BCUT2D eigenvalue weighted by Gasteiger charge is 2.47. The van der Waals surface area contributed by atoms with E-state index in [0.29, 0.717) is 5.03 Å². The fraction of sp³-hybridized carbons (Fsp3) is 0.700. The lowest BCUT2D eigenvalue weighted by atomic mass is 9.96. The van der Waals surface area contributed by atoms with Gasteiger partial charge in [-0.3, -0.25) is 0 Å². The van der Waals surface area contributed by atoms with Gasteiger partial charge in [-0.05, 0) is 43.8 Å². The summed E-state index contributed by atoms with van der Waals surface area (Å²) in [6, 6.07) is 0. The van der Waals surface area contributed by atoms with Crippen molar-refractivity contribution in [3.8, 4) is 12.3 Å². The summed E-state index contributed by atoms with van der Waals surface area (Å²) in [5.41, 5.74) is 0. The summed E-state index contributed by atoms with van der Waals surface area (Å²) < 4.78 is 0.521. The molecule has 1 rings (SSSR count). The van der Waals surface area contributed by atoms with E-state index in [1.165, 1.54) is 38.5 Å². The number of halogens is 5. The van der Waals surface area contributed by atoms with E-state index in [9.17, 15) is 0 Å². The van der Waals surface area contributed by atoms with Gasteiger partial charge in [0.15, 0.2) is 0 Å². The van der Waals surface area contributed by atoms with Crippen LogP contribution in [0.2, 0.25) is 0 Å². The standard InChI is InChI=1S/C20H30Cl3IN.ClH/c1-4-7-9-12-25(11-6-3,13-10-8-5-2)16-20(24)18(22)14-17(21)15-19(20)23;/h3,14-15,18H,4-5,7-13,16H2,1-2H3;1H/q+1;/p-1. The molecule has 1 aliphatic rings. The van der Waals surface area contributed by atoms with Crippen molar-refractivity contribution in [3.63, 3.8) is 0 Å². The Morgan fingerprint density at radius 2 is 1.69 bits per heavy atom. The van der Waals surface area contributed by atoms with Crippen LogP contribution in [0.25, 0.3) is 0 Å². The first-order valence-corrected chi connectivity index (χ1v) is 11.5. The number of alkyl halides is 2. The van der Waals surface area contributed by atoms with Crippen LogP contribution in [0.5, 0.6) is 0 Å². The normalized spacial score (nSPS) is 22.9. The molecular formula is C20H30Cl4IN. The van der Waals surface area contributed by atoms with Crippen LogP contribution in [0.15, 0.2) is 22.2 Å². The molecule has 0 aromatic rings. The first-order chi connectivity index (χ1) is 11.8. The van der Waals surface area contributed by atoms with Crippen LogP contribution in [0.1, 0.15) is 52.4 Å². The Labute approximate surface area is 195 Å². The Balaban J connectivity index is 0.00000625. The molecule has 0 bridgehead atoms. The van der Waals surface area contributed by atoms with E-state index in [2.05, 4.69) is 42.4 Å². The smallest absolute Gasteiger partial charge is 0.140 e. The summed E-state index contributed by atoms with van der Waals surface area (Å²) in [4.78, 5) is 0. The lowest BCUT2D eigenvalue weighted by Gasteiger charge is -2.45. The molecule has 0 aromatic heterocycles. The van der Waals surface area contributed by atoms with Gasteiger partial charge in [-0.2, -0.15) is 0 Å². The minimum atomic E-state index is -0.367. The highest BCUT2D eigenvalue weighted by molar-refractivity contribution is 14.1. The van der Waals surface area contributed by atoms with Gasteiger partial charge in [0, 0.05) is 10.1 Å². The van der Waals surface area contributed by atoms with E-state index in [1.54, 1.807) is 0 Å². The molecule has 2 atom stereocenters. The minimum absolute atomic E-state index is 0. The molecule has 1 nitrogen and oxygen atoms in total. The van der Waals surface area contributed by atoms with E-state index < -0.39 is 0 Å². The number of quaternary nitrogens is 1. The molecule has 0 fully saturated rings. The summed E-state index contributed by atoms with van der Waals surface area (Å²) in [5.74, 6) is 2.93. The number of terminal acetylenes is 1. The molecule has 0 amide bonds. The lowest BCUT2D eigenvalue weighted by molar-refractivity contribution is -0.922. The second kappa shape index (κ2) is 13.2. The van der Waals surface area contributed by atoms with Gasteiger partial charge in [-0.25, -0.2) is 0 Å². The van der Waals surface area contributed by atoms with E-state index in [-0.39, 0.29) is 21.2 Å². The number of hydrogen-bond acceptors (Lipinski definition) is 0. The largest absolute Gasteiger partial charge is 1.00 e. The summed E-state index contributed by atoms with van der Waals surface area (Å²) in [5, 5.41) is 1.11. The topological polar surface area (TPSA) is 0 Å². The molecule has 1 aliphatic carbocycles. The van der Waals surface area contributed by atoms with E-state index in [1.807, 2.05) is 12.2 Å². The zero-order chi connectivity index (χ0) is 18.9. The molecule has 2 unspecified atom stereocenters. The molecule has 0 saturated carbocycles. The second-order valence-corrected chi connectivity index (χ2v) is 10.3. The van der Waals surface area contributed by atoms with E-state index in [4.69, 9.17) is 41.2 Å². The van der Waals surface area contributed by atoms with Gasteiger partial charge in [0.1, 0.15) is 16.5 Å². The highest BCUT2D eigenvalue weighted by Crippen LogP contribution is 2.44. The third-order valence-corrected chi connectivity index (χ3v) is 8.33. The molecular weight excluding hydrogens is 523 g/mol. The second-order valence-electron chi connectivity index (χ2n) is 7.03. The van der Waals surface area contributed by atoms with Gasteiger partial charge in [-0.15, -0.1) is 18.0 Å². The van der Waals surface area contributed by atoms with Crippen LogP contribution in [0.3, 0.4) is 0 Å². The minimum Gasteiger partial charge on any atom is -1.00 e. The number of allylic oxidation sites excluding steroid dienone is 3. The fourth-order valence-electron chi connectivity index (χ4n) is 3.42. The average Bonchev–Trinajstić information content (AvgIpc) is 2.54. The summed E-state index contributed by atoms with van der Waals surface area (Å²) in [6.45, 7) is 8.19. The van der Waals surface area contributed by atoms with Crippen molar-refractivity contribution in [2.24, 2.45) is 0 Å². The van der Waals surface area contributed by atoms with Gasteiger partial charge in [-0.1, -0.05) is 72.5 Å². The lowest BCUT2D eigenvalue weighted by Crippen LogP contribution is -3.00. The molecule has 0 N–H and O–H groups in total. The van der Waals surface area contributed by atoms with Gasteiger partial charge in [0.25, 0.3) is 0 Å². The fourth-order valence-corrected chi connectivity index (χ4v) is 5.50. The van der Waals surface area contributed by atoms with Crippen molar-refractivity contribution < 1.29 is 16.9 Å². The summed E-state index contributed by atoms with van der Waals surface area (Å²) in [6.07, 6.45) is 16.7. The molecule has 0 saturated heterocycles. The average molecular weight is 553 g/mol. The molecule has 0 aromatic carbocycles. The number of hydrogen-bond donors (Lipinski definition) is 0. The highest BCUT2D eigenvalue weighted by atomic mass is 127. The third-order valence-electron chi connectivity index (χ3n) is 4.87. The molecule has 0 aliphatic heterocycles. The zero-order valence-electron chi connectivity index (χ0n) is 15.7. The summed E-state index contributed by atoms with van der Waals surface area (Å²) >= 11 is 21.9. The monoisotopic (exact) mass is 551 g/mol. The SMILES string of the molecule is C#CC[N+](CCCCC)(CCCCC)CC1(I)C(Cl)=CC(Cl)=CC1Cl.[Cl-]. The Hall–Kier alpha value is 0.890. The maximum atomic E-state index is 6.69. The molecule has 150 valence electrons. The molecule has 26 heavy (non-hydrogen) atoms. The first-order valence-electron chi connectivity index (χ1n) is 9.20. The summed E-state index contributed by atoms with van der Waals surface area (Å²) in [7, 11) is 0. The van der Waals surface area contributed by atoms with Crippen molar-refractivity contribution in [1.29, 1.82) is 0 Å². The number of unbranched alkanes of at least 4 members (excludes halogenated alkanes) is 4. The predicted molar refractivity (Wildman–Crippen MR) is 122 cm³/mol. The van der Waals surface area contributed by atoms with Crippen LogP contribution in [-0.2, 0) is 0 Å². The van der Waals surface area contributed by atoms with Crippen molar-refractivity contribution >= 4 is 57.4 Å². The zero-order valence-corrected chi connectivity index (χ0v) is 20.9. The number of nitrogens with zero attached hydrogens (tertiary/aromatic N) is 1. The van der Waals surface area contributed by atoms with Crippen LogP contribution in [-0.4, -0.2) is 39.5 Å². The Kier molecular flexibility index (Phi) is 13.6. The van der Waals surface area contributed by atoms with Crippen molar-refractivity contribution in [3.05, 3.63) is 22.2 Å². The van der Waals surface area contributed by atoms with Crippen LogP contribution >= 0.6 is 57.4 Å². The van der Waals surface area contributed by atoms with Crippen LogP contribution in [0.4, 0.5) is 0 Å². The Bertz CT molecular complexity index is 516. The van der Waals surface area contributed by atoms with Gasteiger partial charge < -0.3 is 16.9 Å². The van der Waals surface area contributed by atoms with Crippen molar-refractivity contribution in [2.75, 3.05) is 26.2 Å². The van der Waals surface area contributed by atoms with Gasteiger partial charge >= 0.3 is 0 Å². The van der Waals surface area contributed by atoms with Gasteiger partial charge in [0.2, 0.25) is 0 Å². The first kappa shape index (κ1) is 26.9.